The van der Waals surface area contributed by atoms with E-state index in [1.54, 1.807) is 28.4 Å². The summed E-state index contributed by atoms with van der Waals surface area (Å²) in [6.07, 6.45) is 0. The molecule has 0 amide bonds. The van der Waals surface area contributed by atoms with Gasteiger partial charge in [-0.15, -0.1) is 0 Å². The molecule has 2 N–H and O–H groups in total. The van der Waals surface area contributed by atoms with Gasteiger partial charge in [0.05, 0.1) is 50.5 Å². The first-order valence-corrected chi connectivity index (χ1v) is 18.6. The van der Waals surface area contributed by atoms with Crippen LogP contribution in [0.3, 0.4) is 0 Å². The Morgan fingerprint density at radius 2 is 0.554 bits per heavy atom. The Kier molecular flexibility index (Phi) is 5.50. The Labute approximate surface area is 316 Å². The number of aromatic nitrogens is 4. The number of hydrogen-bond donors (Lipinski definition) is 2. The normalized spacial score (nSPS) is 12.6. The minimum absolute atomic E-state index is 0.799. The molecule has 0 aliphatic heterocycles. The molecule has 0 spiro atoms. The number of rotatable bonds is 4. The molecular formula is C48H30N4O4. The molecule has 0 aliphatic carbocycles. The molecule has 5 heterocycles. The average Bonchev–Trinajstić information content (AvgIpc) is 4.09. The minimum atomic E-state index is 0.799. The third kappa shape index (κ3) is 3.51. The lowest BCUT2D eigenvalue weighted by Crippen LogP contribution is -1.81. The number of ether oxygens (including phenoxy) is 4. The van der Waals surface area contributed by atoms with Gasteiger partial charge in [0, 0.05) is 65.2 Å². The fourth-order valence-corrected chi connectivity index (χ4v) is 9.97. The van der Waals surface area contributed by atoms with Gasteiger partial charge >= 0.3 is 0 Å². The Morgan fingerprint density at radius 1 is 0.304 bits per heavy atom. The van der Waals surface area contributed by atoms with E-state index in [-0.39, 0.29) is 0 Å². The van der Waals surface area contributed by atoms with Crippen molar-refractivity contribution in [1.82, 2.24) is 19.9 Å². The lowest BCUT2D eigenvalue weighted by molar-refractivity contribution is 0.415. The summed E-state index contributed by atoms with van der Waals surface area (Å²) >= 11 is 0. The molecule has 0 aliphatic rings. The van der Waals surface area contributed by atoms with Crippen molar-refractivity contribution in [2.45, 2.75) is 0 Å². The maximum Gasteiger partial charge on any atom is 0.119 e. The standard InChI is InChI=1S/C48H30N4O4/c1-53-21-5-9-25-29(17-21)41-42-30-18-22(54-2)6-10-26(30)38-34-15-16-36(50-34)40-28-12-8-24(56-4)20-32(28)44-43-31-19-23(55-3)7-11-27(31)39(47(43)52-48(40)44)35-14-13-33(49-35)37(25)45(41)51-46(38)42/h5-20,49-50H,1-4H3. The van der Waals surface area contributed by atoms with E-state index in [4.69, 9.17) is 28.9 Å². The molecule has 8 nitrogen and oxygen atoms in total. The highest BCUT2D eigenvalue weighted by atomic mass is 16.5. The molecule has 0 unspecified atom stereocenters. The van der Waals surface area contributed by atoms with E-state index in [9.17, 15) is 0 Å². The molecular weight excluding hydrogens is 697 g/mol. The van der Waals surface area contributed by atoms with Gasteiger partial charge < -0.3 is 28.9 Å². The van der Waals surface area contributed by atoms with Crippen molar-refractivity contribution in [3.63, 3.8) is 0 Å². The number of methoxy groups -OCH3 is 4. The van der Waals surface area contributed by atoms with Crippen LogP contribution in [0.5, 0.6) is 23.0 Å². The van der Waals surface area contributed by atoms with Crippen LogP contribution in [0.2, 0.25) is 0 Å². The number of aromatic amines is 2. The highest BCUT2D eigenvalue weighted by Gasteiger charge is 2.26. The number of hydrogen-bond acceptors (Lipinski definition) is 6. The van der Waals surface area contributed by atoms with Crippen LogP contribution in [0.4, 0.5) is 0 Å². The molecule has 13 rings (SSSR count). The minimum Gasteiger partial charge on any atom is -0.497 e. The summed E-state index contributed by atoms with van der Waals surface area (Å²) in [4.78, 5) is 19.0. The van der Waals surface area contributed by atoms with E-state index < -0.39 is 0 Å². The first-order valence-electron chi connectivity index (χ1n) is 18.6. The van der Waals surface area contributed by atoms with E-state index in [0.29, 0.717) is 0 Å². The summed E-state index contributed by atoms with van der Waals surface area (Å²) in [5, 5.41) is 17.5. The summed E-state index contributed by atoms with van der Waals surface area (Å²) < 4.78 is 23.2. The number of fused-ring (bicyclic) bond motifs is 22. The van der Waals surface area contributed by atoms with Crippen molar-refractivity contribution < 1.29 is 18.9 Å². The summed E-state index contributed by atoms with van der Waals surface area (Å²) in [5.41, 5.74) is 7.75. The van der Waals surface area contributed by atoms with Crippen LogP contribution >= 0.6 is 0 Å². The predicted molar refractivity (Wildman–Crippen MR) is 229 cm³/mol. The van der Waals surface area contributed by atoms with Crippen molar-refractivity contribution >= 4 is 130 Å². The topological polar surface area (TPSA) is 94.3 Å². The van der Waals surface area contributed by atoms with Crippen LogP contribution < -0.4 is 18.9 Å². The number of H-pyrrole nitrogens is 2. The number of benzene rings is 4. The third-order valence-corrected chi connectivity index (χ3v) is 12.4. The van der Waals surface area contributed by atoms with Crippen molar-refractivity contribution in [2.75, 3.05) is 28.4 Å². The van der Waals surface area contributed by atoms with E-state index in [1.807, 2.05) is 24.3 Å². The Hall–Kier alpha value is -7.32. The quantitative estimate of drug-likeness (QED) is 0.187. The van der Waals surface area contributed by atoms with Crippen molar-refractivity contribution in [2.24, 2.45) is 0 Å². The number of nitrogens with one attached hydrogen (secondary N) is 2. The largest absolute Gasteiger partial charge is 0.497 e. The second kappa shape index (κ2) is 10.2. The van der Waals surface area contributed by atoms with Gasteiger partial charge in [-0.3, -0.25) is 0 Å². The maximum absolute atomic E-state index is 5.81. The molecule has 0 radical (unpaired) electrons. The summed E-state index contributed by atoms with van der Waals surface area (Å²) in [6.45, 7) is 0. The number of nitrogens with zero attached hydrogens (tertiary/aromatic N) is 2. The fourth-order valence-electron chi connectivity index (χ4n) is 9.97. The van der Waals surface area contributed by atoms with E-state index in [0.717, 1.165) is 153 Å². The smallest absolute Gasteiger partial charge is 0.119 e. The highest BCUT2D eigenvalue weighted by molar-refractivity contribution is 6.45. The van der Waals surface area contributed by atoms with Gasteiger partial charge in [-0.2, -0.15) is 0 Å². The predicted octanol–water partition coefficient (Wildman–Crippen LogP) is 11.9. The van der Waals surface area contributed by atoms with Crippen LogP contribution in [0.1, 0.15) is 0 Å². The SMILES string of the molecule is COc1ccc2c(c1)c1c3nc4c(c5ccc([nH]5)c5c6ccc(OC)cc6c6c5nc5c(c7ccc([nH]7)c23)c2ccc(OC)cc2c56)c2ccc(OC)cc2c41. The van der Waals surface area contributed by atoms with Gasteiger partial charge in [0.25, 0.3) is 0 Å². The van der Waals surface area contributed by atoms with Crippen molar-refractivity contribution in [1.29, 1.82) is 0 Å². The maximum atomic E-state index is 5.81. The average molecular weight is 727 g/mol. The molecule has 13 aromatic rings. The second-order valence-corrected chi connectivity index (χ2v) is 14.8. The molecule has 8 heteroatoms. The lowest BCUT2D eigenvalue weighted by Gasteiger charge is -2.01. The molecule has 266 valence electrons. The van der Waals surface area contributed by atoms with Crippen LogP contribution in [-0.2, 0) is 0 Å². The van der Waals surface area contributed by atoms with E-state index in [1.165, 1.54) is 0 Å². The Bertz CT molecular complexity index is 3380. The van der Waals surface area contributed by atoms with Gasteiger partial charge in [0.1, 0.15) is 23.0 Å². The lowest BCUT2D eigenvalue weighted by atomic mass is 10.1. The molecule has 5 aromatic heterocycles. The highest BCUT2D eigenvalue weighted by Crippen LogP contribution is 2.51. The van der Waals surface area contributed by atoms with Gasteiger partial charge in [0.15, 0.2) is 0 Å². The molecule has 8 bridgehead atoms. The van der Waals surface area contributed by atoms with Gasteiger partial charge in [0.2, 0.25) is 0 Å². The van der Waals surface area contributed by atoms with Crippen LogP contribution in [0, 0.1) is 0 Å². The van der Waals surface area contributed by atoms with Gasteiger partial charge in [-0.1, -0.05) is 0 Å². The van der Waals surface area contributed by atoms with Crippen LogP contribution in [0.25, 0.3) is 130 Å². The monoisotopic (exact) mass is 726 g/mol. The van der Waals surface area contributed by atoms with E-state index >= 15 is 0 Å². The van der Waals surface area contributed by atoms with Crippen LogP contribution in [0.15, 0.2) is 97.1 Å². The summed E-state index contributed by atoms with van der Waals surface area (Å²) in [6, 6.07) is 34.1. The molecule has 8 aromatic carbocycles. The zero-order valence-electron chi connectivity index (χ0n) is 30.8. The molecule has 0 atom stereocenters. The molecule has 0 saturated heterocycles. The van der Waals surface area contributed by atoms with Crippen molar-refractivity contribution in [3.8, 4) is 23.0 Å². The van der Waals surface area contributed by atoms with Gasteiger partial charge in [-0.25, -0.2) is 9.97 Å². The Morgan fingerprint density at radius 3 is 0.786 bits per heavy atom. The van der Waals surface area contributed by atoms with Crippen molar-refractivity contribution in [3.05, 3.63) is 97.1 Å². The zero-order valence-corrected chi connectivity index (χ0v) is 30.8. The van der Waals surface area contributed by atoms with Gasteiger partial charge in [-0.05, 0) is 140 Å². The van der Waals surface area contributed by atoms with Crippen LogP contribution in [-0.4, -0.2) is 48.4 Å². The summed E-state index contributed by atoms with van der Waals surface area (Å²) in [7, 11) is 6.87. The first kappa shape index (κ1) is 30.1. The first-order chi connectivity index (χ1) is 27.6. The molecule has 0 fully saturated rings. The zero-order chi connectivity index (χ0) is 37.1. The molecule has 0 saturated carbocycles. The fraction of sp³-hybridized carbons (Fsp3) is 0.0833. The Balaban J connectivity index is 1.36. The molecule has 56 heavy (non-hydrogen) atoms. The van der Waals surface area contributed by atoms with E-state index in [2.05, 4.69) is 82.8 Å². The third-order valence-electron chi connectivity index (χ3n) is 12.4. The second-order valence-electron chi connectivity index (χ2n) is 14.8. The summed E-state index contributed by atoms with van der Waals surface area (Å²) in [5.74, 6) is 3.20.